The van der Waals surface area contributed by atoms with E-state index in [1.54, 1.807) is 63.0 Å². The van der Waals surface area contributed by atoms with Crippen molar-refractivity contribution in [3.8, 4) is 34.5 Å². The Morgan fingerprint density at radius 3 is 1.32 bits per heavy atom. The highest BCUT2D eigenvalue weighted by atomic mass is 16.5. The van der Waals surface area contributed by atoms with Crippen molar-refractivity contribution < 1.29 is 29.2 Å². The lowest BCUT2D eigenvalue weighted by Crippen LogP contribution is -1.97. The van der Waals surface area contributed by atoms with E-state index in [1.165, 1.54) is 0 Å². The lowest BCUT2D eigenvalue weighted by atomic mass is 10.2. The fraction of sp³-hybridized carbons (Fsp3) is 0.111. The Hall–Kier alpha value is -5.76. The zero-order valence-electron chi connectivity index (χ0n) is 24.4. The Morgan fingerprint density at radius 1 is 0.523 bits per heavy atom. The first-order chi connectivity index (χ1) is 21.5. The van der Waals surface area contributed by atoms with Crippen molar-refractivity contribution in [1.29, 1.82) is 0 Å². The van der Waals surface area contributed by atoms with Crippen molar-refractivity contribution in [3.63, 3.8) is 0 Å². The van der Waals surface area contributed by atoms with Crippen LogP contribution in [0.1, 0.15) is 22.3 Å². The van der Waals surface area contributed by atoms with Gasteiger partial charge in [-0.1, -0.05) is 48.5 Å². The van der Waals surface area contributed by atoms with E-state index in [4.69, 9.17) is 18.9 Å². The van der Waals surface area contributed by atoms with E-state index in [1.807, 2.05) is 72.8 Å². The first-order valence-corrected chi connectivity index (χ1v) is 13.9. The third kappa shape index (κ3) is 7.54. The first-order valence-electron chi connectivity index (χ1n) is 13.9. The second-order valence-corrected chi connectivity index (χ2v) is 9.67. The van der Waals surface area contributed by atoms with E-state index in [9.17, 15) is 10.2 Å². The molecule has 0 aliphatic carbocycles. The van der Waals surface area contributed by atoms with Crippen LogP contribution in [0.4, 0.5) is 11.4 Å². The molecular weight excluding hydrogens is 556 g/mol. The van der Waals surface area contributed by atoms with Crippen LogP contribution in [0.3, 0.4) is 0 Å². The molecule has 8 heteroatoms. The van der Waals surface area contributed by atoms with Gasteiger partial charge in [-0.2, -0.15) is 0 Å². The number of nitrogens with zero attached hydrogens (tertiary/aromatic N) is 2. The molecule has 0 radical (unpaired) electrons. The predicted octanol–water partition coefficient (Wildman–Crippen LogP) is 7.77. The number of aliphatic imine (C=N–C) groups is 2. The molecule has 0 amide bonds. The van der Waals surface area contributed by atoms with Gasteiger partial charge in [-0.05, 0) is 71.8 Å². The molecule has 5 aromatic rings. The standard InChI is InChI=1S/C36H32N2O6/c1-41-29-17-13-25(14-18-29)23-43-33-11-5-7-27(35(33)39)21-37-31-9-3-4-10-32(31)38-22-28-8-6-12-34(36(28)40)44-24-26-15-19-30(42-2)20-16-26/h3-22,39-40H,23-24H2,1-2H3. The van der Waals surface area contributed by atoms with E-state index in [0.717, 1.165) is 22.6 Å². The van der Waals surface area contributed by atoms with Crippen molar-refractivity contribution >= 4 is 23.8 Å². The number of methoxy groups -OCH3 is 2. The highest BCUT2D eigenvalue weighted by molar-refractivity contribution is 5.90. The maximum atomic E-state index is 10.8. The number of aromatic hydroxyl groups is 2. The maximum Gasteiger partial charge on any atom is 0.166 e. The van der Waals surface area contributed by atoms with Crippen LogP contribution >= 0.6 is 0 Å². The minimum Gasteiger partial charge on any atom is -0.504 e. The third-order valence-corrected chi connectivity index (χ3v) is 6.73. The number of hydrogen-bond donors (Lipinski definition) is 2. The molecule has 8 nitrogen and oxygen atoms in total. The molecule has 5 aromatic carbocycles. The predicted molar refractivity (Wildman–Crippen MR) is 172 cm³/mol. The number of rotatable bonds is 12. The van der Waals surface area contributed by atoms with Crippen LogP contribution < -0.4 is 18.9 Å². The third-order valence-electron chi connectivity index (χ3n) is 6.73. The van der Waals surface area contributed by atoms with Crippen molar-refractivity contribution in [2.24, 2.45) is 9.98 Å². The second-order valence-electron chi connectivity index (χ2n) is 9.67. The molecule has 0 aromatic heterocycles. The zero-order chi connectivity index (χ0) is 30.7. The fourth-order valence-corrected chi connectivity index (χ4v) is 4.25. The molecule has 5 rings (SSSR count). The molecule has 0 aliphatic rings. The van der Waals surface area contributed by atoms with Crippen LogP contribution in [-0.4, -0.2) is 36.9 Å². The number of phenolic OH excluding ortho intramolecular Hbond substituents is 2. The van der Waals surface area contributed by atoms with E-state index in [2.05, 4.69) is 9.98 Å². The van der Waals surface area contributed by atoms with Gasteiger partial charge in [0, 0.05) is 23.6 Å². The Bertz CT molecular complexity index is 1620. The summed E-state index contributed by atoms with van der Waals surface area (Å²) in [5.41, 5.74) is 4.04. The summed E-state index contributed by atoms with van der Waals surface area (Å²) in [7, 11) is 3.24. The largest absolute Gasteiger partial charge is 0.504 e. The summed E-state index contributed by atoms with van der Waals surface area (Å²) in [6, 6.07) is 32.9. The lowest BCUT2D eigenvalue weighted by Gasteiger charge is -2.10. The van der Waals surface area contributed by atoms with Crippen LogP contribution in [0, 0.1) is 0 Å². The van der Waals surface area contributed by atoms with Crippen LogP contribution in [0.2, 0.25) is 0 Å². The summed E-state index contributed by atoms with van der Waals surface area (Å²) in [5.74, 6) is 2.20. The molecule has 0 unspecified atom stereocenters. The van der Waals surface area contributed by atoms with E-state index in [0.29, 0.717) is 34.0 Å². The summed E-state index contributed by atoms with van der Waals surface area (Å²) >= 11 is 0. The van der Waals surface area contributed by atoms with Gasteiger partial charge in [-0.3, -0.25) is 9.98 Å². The fourth-order valence-electron chi connectivity index (χ4n) is 4.25. The summed E-state index contributed by atoms with van der Waals surface area (Å²) in [5, 5.41) is 21.7. The highest BCUT2D eigenvalue weighted by Gasteiger charge is 2.10. The van der Waals surface area contributed by atoms with E-state index in [-0.39, 0.29) is 24.7 Å². The summed E-state index contributed by atoms with van der Waals surface area (Å²) < 4.78 is 22.1. The Kier molecular flexibility index (Phi) is 9.74. The number of para-hydroxylation sites is 4. The van der Waals surface area contributed by atoms with Crippen molar-refractivity contribution in [2.75, 3.05) is 14.2 Å². The van der Waals surface area contributed by atoms with Crippen LogP contribution in [-0.2, 0) is 13.2 Å². The topological polar surface area (TPSA) is 102 Å². The second kappa shape index (κ2) is 14.4. The van der Waals surface area contributed by atoms with E-state index >= 15 is 0 Å². The summed E-state index contributed by atoms with van der Waals surface area (Å²) in [6.07, 6.45) is 3.13. The van der Waals surface area contributed by atoms with Crippen molar-refractivity contribution in [2.45, 2.75) is 13.2 Å². The zero-order valence-corrected chi connectivity index (χ0v) is 24.4. The van der Waals surface area contributed by atoms with Crippen molar-refractivity contribution in [1.82, 2.24) is 0 Å². The Balaban J connectivity index is 1.27. The minimum atomic E-state index is -0.0119. The molecule has 0 aliphatic heterocycles. The van der Waals surface area contributed by atoms with Gasteiger partial charge in [-0.25, -0.2) is 0 Å². The highest BCUT2D eigenvalue weighted by Crippen LogP contribution is 2.33. The Morgan fingerprint density at radius 2 is 0.932 bits per heavy atom. The van der Waals surface area contributed by atoms with E-state index < -0.39 is 0 Å². The normalized spacial score (nSPS) is 11.1. The molecule has 0 fully saturated rings. The maximum absolute atomic E-state index is 10.8. The average Bonchev–Trinajstić information content (AvgIpc) is 3.07. The quantitative estimate of drug-likeness (QED) is 0.144. The molecule has 0 saturated carbocycles. The van der Waals surface area contributed by atoms with Gasteiger partial charge < -0.3 is 29.2 Å². The molecule has 0 spiro atoms. The molecule has 0 heterocycles. The summed E-state index contributed by atoms with van der Waals surface area (Å²) in [6.45, 7) is 0.576. The lowest BCUT2D eigenvalue weighted by molar-refractivity contribution is 0.288. The van der Waals surface area contributed by atoms with Gasteiger partial charge in [0.15, 0.2) is 23.0 Å². The Labute approximate surface area is 256 Å². The monoisotopic (exact) mass is 588 g/mol. The molecule has 2 N–H and O–H groups in total. The van der Waals surface area contributed by atoms with Crippen LogP contribution in [0.5, 0.6) is 34.5 Å². The molecule has 0 atom stereocenters. The SMILES string of the molecule is COc1ccc(COc2cccc(C=Nc3ccccc3N=Cc3cccc(OCc4ccc(OC)cc4)c3O)c2O)cc1. The van der Waals surface area contributed by atoms with Gasteiger partial charge in [0.2, 0.25) is 0 Å². The van der Waals surface area contributed by atoms with Crippen LogP contribution in [0.25, 0.3) is 0 Å². The number of phenols is 2. The molecule has 44 heavy (non-hydrogen) atoms. The first kappa shape index (κ1) is 29.7. The van der Waals surface area contributed by atoms with Gasteiger partial charge in [0.1, 0.15) is 24.7 Å². The smallest absolute Gasteiger partial charge is 0.166 e. The van der Waals surface area contributed by atoms with Crippen LogP contribution in [0.15, 0.2) is 119 Å². The van der Waals surface area contributed by atoms with Crippen molar-refractivity contribution in [3.05, 3.63) is 131 Å². The number of hydrogen-bond acceptors (Lipinski definition) is 8. The van der Waals surface area contributed by atoms with Gasteiger partial charge in [0.05, 0.1) is 25.6 Å². The molecule has 0 saturated heterocycles. The number of benzene rings is 5. The van der Waals surface area contributed by atoms with Gasteiger partial charge in [0.25, 0.3) is 0 Å². The van der Waals surface area contributed by atoms with Gasteiger partial charge >= 0.3 is 0 Å². The molecule has 0 bridgehead atoms. The average molecular weight is 589 g/mol. The van der Waals surface area contributed by atoms with Gasteiger partial charge in [-0.15, -0.1) is 0 Å². The minimum absolute atomic E-state index is 0.0119. The summed E-state index contributed by atoms with van der Waals surface area (Å²) in [4.78, 5) is 9.16. The number of ether oxygens (including phenoxy) is 4. The molecular formula is C36H32N2O6. The molecule has 222 valence electrons.